The monoisotopic (exact) mass is 632 g/mol. The van der Waals surface area contributed by atoms with Crippen LogP contribution in [-0.4, -0.2) is 49.8 Å². The molecule has 0 bridgehead atoms. The van der Waals surface area contributed by atoms with E-state index in [0.717, 1.165) is 22.1 Å². The Kier molecular flexibility index (Phi) is 8.77. The quantitative estimate of drug-likeness (QED) is 0.117. The molecule has 2 aromatic heterocycles. The Morgan fingerprint density at radius 2 is 0.955 bits per heavy atom. The summed E-state index contributed by atoms with van der Waals surface area (Å²) in [4.78, 5) is 26.4. The van der Waals surface area contributed by atoms with Gasteiger partial charge in [0.1, 0.15) is 11.5 Å². The van der Waals surface area contributed by atoms with E-state index in [2.05, 4.69) is 0 Å². The SMILES string of the molecule is COc1ccc2c(c1)c(=O)c1ccc(Cl)cc1n2CCOCCOCCn1c2ccc(OC)cc2c(=O)c2ccc(Cl)cc21. The van der Waals surface area contributed by atoms with Crippen LogP contribution >= 0.6 is 23.2 Å². The Hall–Kier alpha value is -4.08. The number of benzene rings is 4. The summed E-state index contributed by atoms with van der Waals surface area (Å²) in [5.74, 6) is 1.24. The molecule has 0 aliphatic rings. The zero-order valence-electron chi connectivity index (χ0n) is 24.3. The van der Waals surface area contributed by atoms with Crippen LogP contribution in [0.1, 0.15) is 0 Å². The molecule has 0 amide bonds. The van der Waals surface area contributed by atoms with Crippen LogP contribution in [0, 0.1) is 0 Å². The number of nitrogens with zero attached hydrogens (tertiary/aromatic N) is 2. The van der Waals surface area contributed by atoms with Crippen molar-refractivity contribution in [3.05, 3.63) is 103 Å². The van der Waals surface area contributed by atoms with E-state index in [-0.39, 0.29) is 10.9 Å². The number of aromatic nitrogens is 2. The van der Waals surface area contributed by atoms with Crippen LogP contribution in [0.5, 0.6) is 11.5 Å². The molecule has 0 aliphatic heterocycles. The highest BCUT2D eigenvalue weighted by atomic mass is 35.5. The molecule has 0 fully saturated rings. The largest absolute Gasteiger partial charge is 0.497 e. The van der Waals surface area contributed by atoms with Gasteiger partial charge in [0.15, 0.2) is 10.9 Å². The van der Waals surface area contributed by atoms with Crippen LogP contribution in [0.4, 0.5) is 0 Å². The van der Waals surface area contributed by atoms with E-state index < -0.39 is 0 Å². The van der Waals surface area contributed by atoms with Crippen molar-refractivity contribution in [1.82, 2.24) is 9.13 Å². The van der Waals surface area contributed by atoms with Crippen molar-refractivity contribution in [2.24, 2.45) is 0 Å². The molecular weight excluding hydrogens is 603 g/mol. The highest BCUT2D eigenvalue weighted by Crippen LogP contribution is 2.27. The van der Waals surface area contributed by atoms with Gasteiger partial charge in [-0.3, -0.25) is 9.59 Å². The second kappa shape index (κ2) is 12.9. The first-order valence-corrected chi connectivity index (χ1v) is 14.9. The fraction of sp³-hybridized carbons (Fsp3) is 0.235. The summed E-state index contributed by atoms with van der Waals surface area (Å²) in [5, 5.41) is 3.42. The first kappa shape index (κ1) is 30.0. The van der Waals surface area contributed by atoms with Gasteiger partial charge in [-0.25, -0.2) is 0 Å². The molecule has 6 aromatic rings. The van der Waals surface area contributed by atoms with E-state index in [1.165, 1.54) is 0 Å². The maximum Gasteiger partial charge on any atom is 0.197 e. The van der Waals surface area contributed by atoms with Crippen molar-refractivity contribution >= 4 is 66.8 Å². The average Bonchev–Trinajstić information content (AvgIpc) is 3.04. The third-order valence-electron chi connectivity index (χ3n) is 7.76. The lowest BCUT2D eigenvalue weighted by Gasteiger charge is -2.17. The molecule has 2 heterocycles. The van der Waals surface area contributed by atoms with Crippen molar-refractivity contribution in [2.75, 3.05) is 40.6 Å². The maximum atomic E-state index is 13.2. The van der Waals surface area contributed by atoms with Crippen molar-refractivity contribution in [3.8, 4) is 11.5 Å². The fourth-order valence-electron chi connectivity index (χ4n) is 5.62. The Morgan fingerprint density at radius 1 is 0.523 bits per heavy atom. The molecule has 0 atom stereocenters. The van der Waals surface area contributed by atoms with Crippen molar-refractivity contribution < 1.29 is 18.9 Å². The second-order valence-electron chi connectivity index (χ2n) is 10.3. The molecule has 0 N–H and O–H groups in total. The Labute approximate surface area is 262 Å². The van der Waals surface area contributed by atoms with Crippen LogP contribution in [-0.2, 0) is 22.6 Å². The standard InChI is InChI=1S/C34H30Cl2N2O6/c1-41-23-5-9-29-27(19-23)33(39)25-7-3-21(35)17-31(25)37(29)11-13-43-15-16-44-14-12-38-30-10-6-24(42-2)20-28(30)34(40)26-8-4-22(36)18-32(26)38/h3-10,17-20H,11-16H2,1-2H3. The lowest BCUT2D eigenvalue weighted by Crippen LogP contribution is -2.17. The molecule has 0 unspecified atom stereocenters. The van der Waals surface area contributed by atoms with E-state index in [0.29, 0.717) is 82.6 Å². The average molecular weight is 634 g/mol. The van der Waals surface area contributed by atoms with Crippen LogP contribution in [0.3, 0.4) is 0 Å². The molecule has 226 valence electrons. The summed E-state index contributed by atoms with van der Waals surface area (Å²) in [7, 11) is 3.16. The van der Waals surface area contributed by atoms with Gasteiger partial charge in [0.05, 0.1) is 62.7 Å². The zero-order chi connectivity index (χ0) is 30.8. The number of hydrogen-bond acceptors (Lipinski definition) is 6. The zero-order valence-corrected chi connectivity index (χ0v) is 25.8. The van der Waals surface area contributed by atoms with Gasteiger partial charge < -0.3 is 28.1 Å². The predicted molar refractivity (Wildman–Crippen MR) is 176 cm³/mol. The summed E-state index contributed by atoms with van der Waals surface area (Å²) in [6.07, 6.45) is 0. The highest BCUT2D eigenvalue weighted by molar-refractivity contribution is 6.31. The van der Waals surface area contributed by atoms with Gasteiger partial charge in [-0.15, -0.1) is 0 Å². The molecular formula is C34H30Cl2N2O6. The molecule has 4 aromatic carbocycles. The molecule has 0 saturated carbocycles. The smallest absolute Gasteiger partial charge is 0.197 e. The minimum atomic E-state index is -0.0686. The maximum absolute atomic E-state index is 13.2. The topological polar surface area (TPSA) is 80.9 Å². The number of fused-ring (bicyclic) bond motifs is 4. The third kappa shape index (κ3) is 5.74. The Morgan fingerprint density at radius 3 is 1.36 bits per heavy atom. The van der Waals surface area contributed by atoms with Crippen LogP contribution in [0.15, 0.2) is 82.4 Å². The first-order valence-electron chi connectivity index (χ1n) is 14.1. The number of rotatable bonds is 11. The predicted octanol–water partition coefficient (Wildman–Crippen LogP) is 6.68. The molecule has 10 heteroatoms. The lowest BCUT2D eigenvalue weighted by molar-refractivity contribution is 0.0430. The molecule has 8 nitrogen and oxygen atoms in total. The van der Waals surface area contributed by atoms with E-state index >= 15 is 0 Å². The fourth-order valence-corrected chi connectivity index (χ4v) is 5.96. The van der Waals surface area contributed by atoms with Gasteiger partial charge >= 0.3 is 0 Å². The Balaban J connectivity index is 1.12. The minimum absolute atomic E-state index is 0.0686. The van der Waals surface area contributed by atoms with Gasteiger partial charge in [0.25, 0.3) is 0 Å². The summed E-state index contributed by atoms with van der Waals surface area (Å²) in [5.41, 5.74) is 2.92. The summed E-state index contributed by atoms with van der Waals surface area (Å²) < 4.78 is 26.7. The number of hydrogen-bond donors (Lipinski definition) is 0. The number of ether oxygens (including phenoxy) is 4. The van der Waals surface area contributed by atoms with E-state index in [9.17, 15) is 9.59 Å². The molecule has 6 rings (SSSR count). The Bertz CT molecular complexity index is 1990. The van der Waals surface area contributed by atoms with Gasteiger partial charge in [0, 0.05) is 44.7 Å². The van der Waals surface area contributed by atoms with E-state index in [1.807, 2.05) is 33.4 Å². The van der Waals surface area contributed by atoms with Crippen LogP contribution < -0.4 is 20.3 Å². The van der Waals surface area contributed by atoms with Crippen molar-refractivity contribution in [3.63, 3.8) is 0 Å². The lowest BCUT2D eigenvalue weighted by atomic mass is 10.1. The molecule has 44 heavy (non-hydrogen) atoms. The summed E-state index contributed by atoms with van der Waals surface area (Å²) in [6, 6.07) is 21.5. The first-order chi connectivity index (χ1) is 21.4. The van der Waals surface area contributed by atoms with Gasteiger partial charge in [0.2, 0.25) is 0 Å². The minimum Gasteiger partial charge on any atom is -0.497 e. The second-order valence-corrected chi connectivity index (χ2v) is 11.1. The van der Waals surface area contributed by atoms with Gasteiger partial charge in [-0.1, -0.05) is 23.2 Å². The van der Waals surface area contributed by atoms with Crippen molar-refractivity contribution in [2.45, 2.75) is 13.1 Å². The molecule has 0 aliphatic carbocycles. The third-order valence-corrected chi connectivity index (χ3v) is 8.23. The summed E-state index contributed by atoms with van der Waals surface area (Å²) in [6.45, 7) is 2.62. The normalized spacial score (nSPS) is 11.6. The summed E-state index contributed by atoms with van der Waals surface area (Å²) >= 11 is 12.6. The molecule has 0 radical (unpaired) electrons. The van der Waals surface area contributed by atoms with E-state index in [4.69, 9.17) is 42.1 Å². The van der Waals surface area contributed by atoms with Gasteiger partial charge in [-0.05, 0) is 72.8 Å². The number of halogens is 2. The van der Waals surface area contributed by atoms with Crippen LogP contribution in [0.25, 0.3) is 43.6 Å². The number of methoxy groups -OCH3 is 2. The van der Waals surface area contributed by atoms with Crippen LogP contribution in [0.2, 0.25) is 10.0 Å². The number of pyridine rings is 2. The molecule has 0 saturated heterocycles. The highest BCUT2D eigenvalue weighted by Gasteiger charge is 2.14. The van der Waals surface area contributed by atoms with Gasteiger partial charge in [-0.2, -0.15) is 0 Å². The van der Waals surface area contributed by atoms with E-state index in [1.54, 1.807) is 62.8 Å². The van der Waals surface area contributed by atoms with Crippen molar-refractivity contribution in [1.29, 1.82) is 0 Å². The molecule has 0 spiro atoms.